The second-order valence-electron chi connectivity index (χ2n) is 6.27. The number of carbonyl (C=O) groups is 2. The zero-order valence-corrected chi connectivity index (χ0v) is 16.3. The molecule has 8 heteroatoms. The summed E-state index contributed by atoms with van der Waals surface area (Å²) in [5.74, 6) is 0.998. The first-order valence-electron chi connectivity index (χ1n) is 8.87. The number of amides is 2. The van der Waals surface area contributed by atoms with Crippen LogP contribution in [-0.2, 0) is 11.3 Å². The van der Waals surface area contributed by atoms with Gasteiger partial charge in [0.2, 0.25) is 0 Å². The highest BCUT2D eigenvalue weighted by Crippen LogP contribution is 2.20. The van der Waals surface area contributed by atoms with E-state index in [0.717, 1.165) is 11.3 Å². The van der Waals surface area contributed by atoms with Crippen molar-refractivity contribution in [2.75, 3.05) is 17.7 Å². The molecular weight excluding hydrogens is 374 g/mol. The normalized spacial score (nSPS) is 10.3. The second kappa shape index (κ2) is 8.92. The quantitative estimate of drug-likeness (QED) is 0.645. The maximum atomic E-state index is 12.5. The van der Waals surface area contributed by atoms with Gasteiger partial charge in [-0.2, -0.15) is 0 Å². The summed E-state index contributed by atoms with van der Waals surface area (Å²) in [7, 11) is 1.29. The van der Waals surface area contributed by atoms with Crippen molar-refractivity contribution in [1.29, 1.82) is 0 Å². The molecule has 0 radical (unpaired) electrons. The number of aromatic nitrogens is 1. The fourth-order valence-electron chi connectivity index (χ4n) is 2.60. The van der Waals surface area contributed by atoms with Gasteiger partial charge in [0, 0.05) is 16.9 Å². The van der Waals surface area contributed by atoms with Crippen LogP contribution in [0.3, 0.4) is 0 Å². The van der Waals surface area contributed by atoms with Gasteiger partial charge >= 0.3 is 6.09 Å². The van der Waals surface area contributed by atoms with Crippen LogP contribution in [-0.4, -0.2) is 24.3 Å². The minimum absolute atomic E-state index is 0.276. The van der Waals surface area contributed by atoms with Gasteiger partial charge in [-0.1, -0.05) is 11.2 Å². The lowest BCUT2D eigenvalue weighted by Crippen LogP contribution is -2.13. The second-order valence-corrected chi connectivity index (χ2v) is 6.27. The Morgan fingerprint density at radius 2 is 1.72 bits per heavy atom. The summed E-state index contributed by atoms with van der Waals surface area (Å²) < 4.78 is 15.4. The molecule has 3 rings (SSSR count). The highest BCUT2D eigenvalue weighted by Gasteiger charge is 2.11. The van der Waals surface area contributed by atoms with Gasteiger partial charge in [0.25, 0.3) is 5.91 Å². The fourth-order valence-corrected chi connectivity index (χ4v) is 2.60. The molecule has 150 valence electrons. The van der Waals surface area contributed by atoms with Gasteiger partial charge in [0.1, 0.15) is 18.1 Å². The van der Waals surface area contributed by atoms with Gasteiger partial charge < -0.3 is 19.3 Å². The Morgan fingerprint density at radius 1 is 1.03 bits per heavy atom. The largest absolute Gasteiger partial charge is 0.489 e. The summed E-state index contributed by atoms with van der Waals surface area (Å²) in [6.45, 7) is 3.99. The topological polar surface area (TPSA) is 103 Å². The van der Waals surface area contributed by atoms with E-state index in [1.54, 1.807) is 48.5 Å². The van der Waals surface area contributed by atoms with Crippen LogP contribution in [0.2, 0.25) is 0 Å². The van der Waals surface area contributed by atoms with Crippen LogP contribution in [0.25, 0.3) is 0 Å². The highest BCUT2D eigenvalue weighted by molar-refractivity contribution is 6.04. The number of ether oxygens (including phenoxy) is 2. The molecule has 0 aliphatic carbocycles. The fraction of sp³-hybridized carbons (Fsp3) is 0.190. The molecule has 0 atom stereocenters. The van der Waals surface area contributed by atoms with E-state index in [1.807, 2.05) is 13.8 Å². The molecule has 1 aromatic heterocycles. The van der Waals surface area contributed by atoms with Gasteiger partial charge in [-0.15, -0.1) is 0 Å². The molecule has 0 unspecified atom stereocenters. The van der Waals surface area contributed by atoms with Crippen LogP contribution in [0.5, 0.6) is 5.75 Å². The van der Waals surface area contributed by atoms with Crippen LogP contribution in [0, 0.1) is 13.8 Å². The van der Waals surface area contributed by atoms with Crippen molar-refractivity contribution in [2.24, 2.45) is 0 Å². The van der Waals surface area contributed by atoms with E-state index in [0.29, 0.717) is 35.1 Å². The lowest BCUT2D eigenvalue weighted by molar-refractivity contribution is 0.102. The van der Waals surface area contributed by atoms with Crippen molar-refractivity contribution in [1.82, 2.24) is 5.16 Å². The third-order valence-corrected chi connectivity index (χ3v) is 4.24. The third-order valence-electron chi connectivity index (χ3n) is 4.24. The number of nitrogens with one attached hydrogen (secondary N) is 2. The van der Waals surface area contributed by atoms with E-state index in [-0.39, 0.29) is 5.91 Å². The first-order valence-corrected chi connectivity index (χ1v) is 8.87. The Labute approximate surface area is 167 Å². The molecule has 0 saturated heterocycles. The minimum atomic E-state index is -0.560. The number of benzene rings is 2. The van der Waals surface area contributed by atoms with E-state index in [4.69, 9.17) is 9.26 Å². The van der Waals surface area contributed by atoms with E-state index < -0.39 is 6.09 Å². The van der Waals surface area contributed by atoms with E-state index >= 15 is 0 Å². The Morgan fingerprint density at radius 3 is 2.34 bits per heavy atom. The monoisotopic (exact) mass is 395 g/mol. The van der Waals surface area contributed by atoms with Gasteiger partial charge in [-0.05, 0) is 56.3 Å². The smallest absolute Gasteiger partial charge is 0.411 e. The van der Waals surface area contributed by atoms with E-state index in [2.05, 4.69) is 20.5 Å². The van der Waals surface area contributed by atoms with E-state index in [9.17, 15) is 9.59 Å². The average Bonchev–Trinajstić information content (AvgIpc) is 3.05. The Bertz CT molecular complexity index is 992. The maximum Gasteiger partial charge on any atom is 0.411 e. The predicted octanol–water partition coefficient (Wildman–Crippen LogP) is 4.30. The summed E-state index contributed by atoms with van der Waals surface area (Å²) in [6.07, 6.45) is -0.560. The van der Waals surface area contributed by atoms with Crippen molar-refractivity contribution >= 4 is 23.4 Å². The lowest BCUT2D eigenvalue weighted by Gasteiger charge is -2.09. The number of methoxy groups -OCH3 is 1. The van der Waals surface area contributed by atoms with E-state index in [1.165, 1.54) is 7.11 Å². The summed E-state index contributed by atoms with van der Waals surface area (Å²) in [5, 5.41) is 9.25. The van der Waals surface area contributed by atoms with Crippen LogP contribution in [0.15, 0.2) is 53.1 Å². The molecule has 8 nitrogen and oxygen atoms in total. The number of carbonyl (C=O) groups excluding carboxylic acids is 2. The molecule has 0 saturated carbocycles. The summed E-state index contributed by atoms with van der Waals surface area (Å²) in [6, 6.07) is 13.6. The Hall–Kier alpha value is -3.81. The number of anilines is 2. The molecule has 0 aliphatic rings. The molecule has 0 aliphatic heterocycles. The number of aryl methyl sites for hydroxylation is 2. The van der Waals surface area contributed by atoms with Crippen LogP contribution < -0.4 is 15.4 Å². The first-order chi connectivity index (χ1) is 14.0. The third kappa shape index (κ3) is 5.13. The Kier molecular flexibility index (Phi) is 6.13. The standard InChI is InChI=1S/C21H21N3O5/c1-13-19(14(2)29-24-13)12-28-18-6-4-5-15(11-18)20(25)22-16-7-9-17(10-8-16)23-21(26)27-3/h4-11H,12H2,1-3H3,(H,22,25)(H,23,26). The summed E-state index contributed by atoms with van der Waals surface area (Å²) in [5.41, 5.74) is 3.28. The van der Waals surface area contributed by atoms with Gasteiger partial charge in [0.05, 0.1) is 18.4 Å². The molecule has 0 bridgehead atoms. The SMILES string of the molecule is COC(=O)Nc1ccc(NC(=O)c2cccc(OCc3c(C)noc3C)c2)cc1. The van der Waals surface area contributed by atoms with Crippen LogP contribution >= 0.6 is 0 Å². The molecule has 2 amide bonds. The van der Waals surface area contributed by atoms with Gasteiger partial charge in [0.15, 0.2) is 0 Å². The highest BCUT2D eigenvalue weighted by atomic mass is 16.5. The Balaban J connectivity index is 1.62. The molecule has 0 fully saturated rings. The van der Waals surface area contributed by atoms with Gasteiger partial charge in [-0.25, -0.2) is 4.79 Å². The minimum Gasteiger partial charge on any atom is -0.489 e. The lowest BCUT2D eigenvalue weighted by atomic mass is 10.2. The number of rotatable bonds is 6. The van der Waals surface area contributed by atoms with Crippen molar-refractivity contribution < 1.29 is 23.6 Å². The summed E-state index contributed by atoms with van der Waals surface area (Å²) in [4.78, 5) is 23.7. The zero-order valence-electron chi connectivity index (χ0n) is 16.3. The molecule has 0 spiro atoms. The van der Waals surface area contributed by atoms with Gasteiger partial charge in [-0.3, -0.25) is 10.1 Å². The predicted molar refractivity (Wildman–Crippen MR) is 107 cm³/mol. The molecule has 3 aromatic rings. The number of nitrogens with zero attached hydrogens (tertiary/aromatic N) is 1. The number of hydrogen-bond donors (Lipinski definition) is 2. The molecule has 29 heavy (non-hydrogen) atoms. The maximum absolute atomic E-state index is 12.5. The van der Waals surface area contributed by atoms with Crippen molar-refractivity contribution in [3.05, 3.63) is 71.1 Å². The molecule has 1 heterocycles. The van der Waals surface area contributed by atoms with Crippen LogP contribution in [0.4, 0.5) is 16.2 Å². The molecular formula is C21H21N3O5. The molecule has 2 N–H and O–H groups in total. The van der Waals surface area contributed by atoms with Crippen molar-refractivity contribution in [2.45, 2.75) is 20.5 Å². The zero-order chi connectivity index (χ0) is 20.8. The molecule has 2 aromatic carbocycles. The average molecular weight is 395 g/mol. The first kappa shape index (κ1) is 19.9. The number of hydrogen-bond acceptors (Lipinski definition) is 6. The summed E-state index contributed by atoms with van der Waals surface area (Å²) >= 11 is 0. The van der Waals surface area contributed by atoms with Crippen molar-refractivity contribution in [3.8, 4) is 5.75 Å². The van der Waals surface area contributed by atoms with Crippen molar-refractivity contribution in [3.63, 3.8) is 0 Å². The van der Waals surface area contributed by atoms with Crippen LogP contribution in [0.1, 0.15) is 27.4 Å².